The number of thiophene rings is 1. The first-order valence-corrected chi connectivity index (χ1v) is 9.59. The van der Waals surface area contributed by atoms with Crippen LogP contribution >= 0.6 is 11.3 Å². The van der Waals surface area contributed by atoms with Crippen LogP contribution in [0.3, 0.4) is 0 Å². The summed E-state index contributed by atoms with van der Waals surface area (Å²) in [6, 6.07) is 14.2. The van der Waals surface area contributed by atoms with Crippen LogP contribution in [0, 0.1) is 0 Å². The van der Waals surface area contributed by atoms with Crippen molar-refractivity contribution in [1.29, 1.82) is 0 Å². The second kappa shape index (κ2) is 8.19. The minimum absolute atomic E-state index is 0.0133. The van der Waals surface area contributed by atoms with Gasteiger partial charge in [-0.25, -0.2) is 0 Å². The second-order valence-corrected chi connectivity index (χ2v) is 7.46. The number of carbonyl (C=O) groups excluding carboxylic acids is 1. The zero-order valence-electron chi connectivity index (χ0n) is 15.0. The molecule has 5 nitrogen and oxygen atoms in total. The van der Waals surface area contributed by atoms with Gasteiger partial charge >= 0.3 is 0 Å². The van der Waals surface area contributed by atoms with E-state index in [0.717, 1.165) is 24.1 Å². The van der Waals surface area contributed by atoms with E-state index in [2.05, 4.69) is 29.5 Å². The van der Waals surface area contributed by atoms with Gasteiger partial charge in [-0.05, 0) is 43.9 Å². The maximum Gasteiger partial charge on any atom is 0.259 e. The van der Waals surface area contributed by atoms with Gasteiger partial charge in [-0.15, -0.1) is 11.3 Å². The Bertz CT molecular complexity index is 870. The molecule has 0 spiro atoms. The van der Waals surface area contributed by atoms with Crippen LogP contribution in [-0.4, -0.2) is 17.1 Å². The Morgan fingerprint density at radius 1 is 1.27 bits per heavy atom. The summed E-state index contributed by atoms with van der Waals surface area (Å²) in [6.45, 7) is 4.08. The summed E-state index contributed by atoms with van der Waals surface area (Å²) in [6.07, 6.45) is 2.68. The van der Waals surface area contributed by atoms with Gasteiger partial charge in [0.2, 0.25) is 5.88 Å². The predicted molar refractivity (Wildman–Crippen MR) is 105 cm³/mol. The molecular weight excluding hydrogens is 346 g/mol. The Balaban J connectivity index is 1.68. The van der Waals surface area contributed by atoms with Crippen LogP contribution in [0.1, 0.15) is 41.1 Å². The van der Waals surface area contributed by atoms with Crippen molar-refractivity contribution in [2.24, 2.45) is 0 Å². The van der Waals surface area contributed by atoms with Crippen molar-refractivity contribution in [2.75, 3.05) is 5.73 Å². The van der Waals surface area contributed by atoms with Gasteiger partial charge in [0.25, 0.3) is 5.91 Å². The standard InChI is InChI=1S/C20H23N3O2S/c1-3-15-11-12-16(26-15)18-17(19(21)25-23-18)20(24)22-13(2)9-10-14-7-5-4-6-8-14/h4-8,11-13H,3,9-10,21H2,1-2H3,(H,22,24). The third-order valence-corrected chi connectivity index (χ3v) is 5.51. The minimum Gasteiger partial charge on any atom is -0.367 e. The molecule has 3 N–H and O–H groups in total. The summed E-state index contributed by atoms with van der Waals surface area (Å²) in [4.78, 5) is 14.9. The Morgan fingerprint density at radius 2 is 2.04 bits per heavy atom. The average Bonchev–Trinajstić information content (AvgIpc) is 3.27. The number of carbonyl (C=O) groups is 1. The van der Waals surface area contributed by atoms with Crippen LogP contribution < -0.4 is 11.1 Å². The van der Waals surface area contributed by atoms with Crippen molar-refractivity contribution in [3.63, 3.8) is 0 Å². The average molecular weight is 369 g/mol. The van der Waals surface area contributed by atoms with E-state index in [1.165, 1.54) is 10.4 Å². The first kappa shape index (κ1) is 18.2. The molecule has 1 unspecified atom stereocenters. The fraction of sp³-hybridized carbons (Fsp3) is 0.300. The van der Waals surface area contributed by atoms with E-state index in [1.807, 2.05) is 37.3 Å². The summed E-state index contributed by atoms with van der Waals surface area (Å²) < 4.78 is 5.10. The molecule has 3 aromatic rings. The maximum absolute atomic E-state index is 12.7. The summed E-state index contributed by atoms with van der Waals surface area (Å²) in [5.74, 6) is -0.190. The molecule has 1 amide bonds. The predicted octanol–water partition coefficient (Wildman–Crippen LogP) is 4.30. The smallest absolute Gasteiger partial charge is 0.259 e. The molecule has 6 heteroatoms. The van der Waals surface area contributed by atoms with Gasteiger partial charge in [-0.3, -0.25) is 4.79 Å². The first-order valence-electron chi connectivity index (χ1n) is 8.77. The van der Waals surface area contributed by atoms with Crippen LogP contribution in [0.25, 0.3) is 10.6 Å². The first-order chi connectivity index (χ1) is 12.6. The number of amides is 1. The number of hydrogen-bond acceptors (Lipinski definition) is 5. The van der Waals surface area contributed by atoms with Crippen LogP contribution in [0.2, 0.25) is 0 Å². The number of nitrogens with two attached hydrogens (primary N) is 1. The quantitative estimate of drug-likeness (QED) is 0.651. The van der Waals surface area contributed by atoms with Crippen molar-refractivity contribution in [3.05, 3.63) is 58.5 Å². The Hall–Kier alpha value is -2.60. The molecule has 2 heterocycles. The van der Waals surface area contributed by atoms with E-state index in [-0.39, 0.29) is 17.8 Å². The van der Waals surface area contributed by atoms with Crippen LogP contribution in [-0.2, 0) is 12.8 Å². The summed E-state index contributed by atoms with van der Waals surface area (Å²) >= 11 is 1.60. The lowest BCUT2D eigenvalue weighted by Gasteiger charge is -2.13. The molecule has 26 heavy (non-hydrogen) atoms. The number of aromatic nitrogens is 1. The van der Waals surface area contributed by atoms with Crippen molar-refractivity contribution in [1.82, 2.24) is 10.5 Å². The number of benzene rings is 1. The Kier molecular flexibility index (Phi) is 5.73. The Morgan fingerprint density at radius 3 is 2.73 bits per heavy atom. The number of nitrogens with one attached hydrogen (secondary N) is 1. The third-order valence-electron chi connectivity index (χ3n) is 4.28. The highest BCUT2D eigenvalue weighted by molar-refractivity contribution is 7.15. The molecule has 0 saturated heterocycles. The van der Waals surface area contributed by atoms with E-state index < -0.39 is 0 Å². The molecule has 3 rings (SSSR count). The molecule has 1 atom stereocenters. The number of rotatable bonds is 7. The van der Waals surface area contributed by atoms with E-state index in [9.17, 15) is 4.79 Å². The molecule has 1 aromatic carbocycles. The number of aryl methyl sites for hydroxylation is 2. The summed E-state index contributed by atoms with van der Waals surface area (Å²) in [5, 5.41) is 7.02. The van der Waals surface area contributed by atoms with Crippen molar-refractivity contribution >= 4 is 23.1 Å². The lowest BCUT2D eigenvalue weighted by Crippen LogP contribution is -2.33. The molecule has 2 aromatic heterocycles. The van der Waals surface area contributed by atoms with E-state index >= 15 is 0 Å². The highest BCUT2D eigenvalue weighted by Gasteiger charge is 2.24. The highest BCUT2D eigenvalue weighted by Crippen LogP contribution is 2.32. The van der Waals surface area contributed by atoms with E-state index in [0.29, 0.717) is 11.3 Å². The number of hydrogen-bond donors (Lipinski definition) is 2. The summed E-state index contributed by atoms with van der Waals surface area (Å²) in [7, 11) is 0. The molecule has 0 saturated carbocycles. The van der Waals surface area contributed by atoms with Crippen molar-refractivity contribution in [2.45, 2.75) is 39.2 Å². The SMILES string of the molecule is CCc1ccc(-c2noc(N)c2C(=O)NC(C)CCc2ccccc2)s1. The Labute approximate surface area is 157 Å². The molecule has 136 valence electrons. The van der Waals surface area contributed by atoms with Gasteiger partial charge < -0.3 is 15.6 Å². The van der Waals surface area contributed by atoms with Gasteiger partial charge in [0, 0.05) is 10.9 Å². The maximum atomic E-state index is 12.7. The van der Waals surface area contributed by atoms with Gasteiger partial charge in [0.15, 0.2) is 0 Å². The molecule has 0 radical (unpaired) electrons. The van der Waals surface area contributed by atoms with Crippen LogP contribution in [0.4, 0.5) is 5.88 Å². The fourth-order valence-electron chi connectivity index (χ4n) is 2.78. The molecule has 0 fully saturated rings. The monoisotopic (exact) mass is 369 g/mol. The minimum atomic E-state index is -0.245. The van der Waals surface area contributed by atoms with Gasteiger partial charge in [-0.1, -0.05) is 42.4 Å². The number of nitrogen functional groups attached to an aromatic ring is 1. The molecule has 0 aliphatic rings. The summed E-state index contributed by atoms with van der Waals surface area (Å²) in [5.41, 5.74) is 7.96. The third kappa shape index (κ3) is 4.14. The lowest BCUT2D eigenvalue weighted by atomic mass is 10.1. The van der Waals surface area contributed by atoms with E-state index in [4.69, 9.17) is 10.3 Å². The highest BCUT2D eigenvalue weighted by atomic mass is 32.1. The topological polar surface area (TPSA) is 81.2 Å². The molecule has 0 aliphatic heterocycles. The largest absolute Gasteiger partial charge is 0.367 e. The fourth-order valence-corrected chi connectivity index (χ4v) is 3.72. The van der Waals surface area contributed by atoms with E-state index in [1.54, 1.807) is 11.3 Å². The zero-order valence-corrected chi connectivity index (χ0v) is 15.8. The van der Waals surface area contributed by atoms with Crippen molar-refractivity contribution in [3.8, 4) is 10.6 Å². The molecule has 0 bridgehead atoms. The van der Waals surface area contributed by atoms with Crippen LogP contribution in [0.5, 0.6) is 0 Å². The molecular formula is C20H23N3O2S. The van der Waals surface area contributed by atoms with Crippen molar-refractivity contribution < 1.29 is 9.32 Å². The molecule has 0 aliphatic carbocycles. The zero-order chi connectivity index (χ0) is 18.5. The number of anilines is 1. The normalized spacial score (nSPS) is 12.1. The number of nitrogens with zero attached hydrogens (tertiary/aromatic N) is 1. The van der Waals surface area contributed by atoms with Crippen LogP contribution in [0.15, 0.2) is 47.0 Å². The van der Waals surface area contributed by atoms with Gasteiger partial charge in [-0.2, -0.15) is 0 Å². The second-order valence-electron chi connectivity index (χ2n) is 6.29. The lowest BCUT2D eigenvalue weighted by molar-refractivity contribution is 0.0939. The van der Waals surface area contributed by atoms with Gasteiger partial charge in [0.05, 0.1) is 4.88 Å². The van der Waals surface area contributed by atoms with Gasteiger partial charge in [0.1, 0.15) is 11.3 Å².